The van der Waals surface area contributed by atoms with Gasteiger partial charge < -0.3 is 15.7 Å². The van der Waals surface area contributed by atoms with Crippen molar-refractivity contribution in [3.05, 3.63) is 35.9 Å². The summed E-state index contributed by atoms with van der Waals surface area (Å²) in [5.41, 5.74) is 0.851. The molecule has 0 aliphatic heterocycles. The molecule has 0 spiro atoms. The van der Waals surface area contributed by atoms with Crippen LogP contribution in [0.1, 0.15) is 12.0 Å². The maximum Gasteiger partial charge on any atom is 0.326 e. The molecule has 2 amide bonds. The van der Waals surface area contributed by atoms with Gasteiger partial charge in [0.1, 0.15) is 6.04 Å². The van der Waals surface area contributed by atoms with Gasteiger partial charge in [-0.05, 0) is 24.0 Å². The zero-order valence-electron chi connectivity index (χ0n) is 12.4. The lowest BCUT2D eigenvalue weighted by atomic mass is 10.1. The Morgan fingerprint density at radius 3 is 2.45 bits per heavy atom. The van der Waals surface area contributed by atoms with Crippen LogP contribution in [0.2, 0.25) is 0 Å². The molecular formula is C15H20N2O4S. The molecule has 0 radical (unpaired) electrons. The van der Waals surface area contributed by atoms with E-state index < -0.39 is 17.9 Å². The van der Waals surface area contributed by atoms with Crippen molar-refractivity contribution in [2.24, 2.45) is 0 Å². The van der Waals surface area contributed by atoms with Crippen molar-refractivity contribution in [1.82, 2.24) is 10.6 Å². The van der Waals surface area contributed by atoms with Crippen molar-refractivity contribution >= 4 is 29.5 Å². The molecular weight excluding hydrogens is 304 g/mol. The van der Waals surface area contributed by atoms with Crippen LogP contribution in [-0.2, 0) is 20.8 Å². The maximum absolute atomic E-state index is 11.7. The largest absolute Gasteiger partial charge is 0.480 e. The van der Waals surface area contributed by atoms with Crippen molar-refractivity contribution < 1.29 is 19.5 Å². The van der Waals surface area contributed by atoms with Crippen molar-refractivity contribution in [2.75, 3.05) is 18.6 Å². The van der Waals surface area contributed by atoms with Crippen molar-refractivity contribution in [3.63, 3.8) is 0 Å². The third-order valence-electron chi connectivity index (χ3n) is 2.90. The zero-order valence-corrected chi connectivity index (χ0v) is 13.2. The van der Waals surface area contributed by atoms with E-state index in [1.807, 2.05) is 36.6 Å². The Kier molecular flexibility index (Phi) is 8.06. The average molecular weight is 324 g/mol. The fourth-order valence-electron chi connectivity index (χ4n) is 1.76. The summed E-state index contributed by atoms with van der Waals surface area (Å²) in [5, 5.41) is 13.9. The summed E-state index contributed by atoms with van der Waals surface area (Å²) >= 11 is 1.51. The summed E-state index contributed by atoms with van der Waals surface area (Å²) in [7, 11) is 0. The quantitative estimate of drug-likeness (QED) is 0.620. The van der Waals surface area contributed by atoms with E-state index in [0.717, 1.165) is 5.56 Å². The lowest BCUT2D eigenvalue weighted by Crippen LogP contribution is -2.46. The second-order valence-electron chi connectivity index (χ2n) is 4.68. The van der Waals surface area contributed by atoms with Gasteiger partial charge >= 0.3 is 5.97 Å². The van der Waals surface area contributed by atoms with Crippen molar-refractivity contribution in [3.8, 4) is 0 Å². The Bertz CT molecular complexity index is 508. The number of amides is 2. The first-order valence-corrected chi connectivity index (χ1v) is 8.24. The Morgan fingerprint density at radius 1 is 1.18 bits per heavy atom. The van der Waals surface area contributed by atoms with E-state index in [9.17, 15) is 14.4 Å². The third-order valence-corrected chi connectivity index (χ3v) is 3.54. The fourth-order valence-corrected chi connectivity index (χ4v) is 2.23. The molecule has 1 unspecified atom stereocenters. The highest BCUT2D eigenvalue weighted by Gasteiger charge is 2.19. The highest BCUT2D eigenvalue weighted by atomic mass is 32.2. The summed E-state index contributed by atoms with van der Waals surface area (Å²) in [6.45, 7) is -0.227. The van der Waals surface area contributed by atoms with Gasteiger partial charge in [-0.2, -0.15) is 11.8 Å². The molecule has 120 valence electrons. The molecule has 3 N–H and O–H groups in total. The first-order valence-electron chi connectivity index (χ1n) is 6.84. The number of carboxylic acids is 1. The van der Waals surface area contributed by atoms with E-state index in [1.165, 1.54) is 11.8 Å². The molecule has 1 rings (SSSR count). The van der Waals surface area contributed by atoms with Gasteiger partial charge in [0.2, 0.25) is 11.8 Å². The van der Waals surface area contributed by atoms with Gasteiger partial charge in [0.15, 0.2) is 0 Å². The Balaban J connectivity index is 2.35. The van der Waals surface area contributed by atoms with Crippen molar-refractivity contribution in [1.29, 1.82) is 0 Å². The molecule has 6 nitrogen and oxygen atoms in total. The molecule has 1 aromatic rings. The van der Waals surface area contributed by atoms with Crippen LogP contribution in [-0.4, -0.2) is 47.5 Å². The third kappa shape index (κ3) is 7.12. The number of nitrogens with one attached hydrogen (secondary N) is 2. The lowest BCUT2D eigenvalue weighted by molar-refractivity contribution is -0.141. The molecule has 1 atom stereocenters. The molecule has 0 aliphatic rings. The van der Waals surface area contributed by atoms with Crippen LogP contribution < -0.4 is 10.6 Å². The van der Waals surface area contributed by atoms with Crippen LogP contribution in [0.3, 0.4) is 0 Å². The van der Waals surface area contributed by atoms with Gasteiger partial charge in [-0.3, -0.25) is 9.59 Å². The Morgan fingerprint density at radius 2 is 1.86 bits per heavy atom. The predicted octanol–water partition coefficient (Wildman–Crippen LogP) is 0.668. The number of benzene rings is 1. The molecule has 22 heavy (non-hydrogen) atoms. The molecule has 0 aromatic heterocycles. The van der Waals surface area contributed by atoms with Crippen LogP contribution >= 0.6 is 11.8 Å². The zero-order chi connectivity index (χ0) is 16.4. The highest BCUT2D eigenvalue weighted by Crippen LogP contribution is 2.01. The predicted molar refractivity (Wildman–Crippen MR) is 85.7 cm³/mol. The van der Waals surface area contributed by atoms with E-state index in [0.29, 0.717) is 12.2 Å². The first-order chi connectivity index (χ1) is 10.5. The standard InChI is InChI=1S/C15H20N2O4S/c1-22-8-7-12(15(20)21)17-14(19)10-16-13(18)9-11-5-3-2-4-6-11/h2-6,12H,7-10H2,1H3,(H,16,18)(H,17,19)(H,20,21). The molecule has 7 heteroatoms. The second kappa shape index (κ2) is 9.83. The van der Waals surface area contributed by atoms with E-state index in [2.05, 4.69) is 10.6 Å². The summed E-state index contributed by atoms with van der Waals surface area (Å²) in [6, 6.07) is 8.24. The molecule has 0 heterocycles. The lowest BCUT2D eigenvalue weighted by Gasteiger charge is -2.14. The van der Waals surface area contributed by atoms with E-state index in [1.54, 1.807) is 0 Å². The summed E-state index contributed by atoms with van der Waals surface area (Å²) in [5.74, 6) is -1.22. The molecule has 0 fully saturated rings. The van der Waals surface area contributed by atoms with Gasteiger partial charge in [-0.1, -0.05) is 30.3 Å². The number of carbonyl (C=O) groups excluding carboxylic acids is 2. The van der Waals surface area contributed by atoms with Crippen LogP contribution in [0.4, 0.5) is 0 Å². The summed E-state index contributed by atoms with van der Waals surface area (Å²) < 4.78 is 0. The van der Waals surface area contributed by atoms with E-state index in [-0.39, 0.29) is 18.9 Å². The molecule has 0 aliphatic carbocycles. The van der Waals surface area contributed by atoms with Gasteiger partial charge in [-0.25, -0.2) is 4.79 Å². The second-order valence-corrected chi connectivity index (χ2v) is 5.66. The number of rotatable bonds is 9. The van der Waals surface area contributed by atoms with Crippen LogP contribution in [0.5, 0.6) is 0 Å². The summed E-state index contributed by atoms with van der Waals surface area (Å²) in [6.07, 6.45) is 2.40. The van der Waals surface area contributed by atoms with Crippen molar-refractivity contribution in [2.45, 2.75) is 18.9 Å². The number of carboxylic acid groups (broad SMARTS) is 1. The minimum absolute atomic E-state index is 0.183. The SMILES string of the molecule is CSCCC(NC(=O)CNC(=O)Cc1ccccc1)C(=O)O. The molecule has 0 bridgehead atoms. The van der Waals surface area contributed by atoms with Crippen LogP contribution in [0.15, 0.2) is 30.3 Å². The van der Waals surface area contributed by atoms with Gasteiger partial charge in [0.25, 0.3) is 0 Å². The maximum atomic E-state index is 11.7. The first kappa shape index (κ1) is 18.0. The molecule has 1 aromatic carbocycles. The highest BCUT2D eigenvalue weighted by molar-refractivity contribution is 7.98. The number of hydrogen-bond donors (Lipinski definition) is 3. The van der Waals surface area contributed by atoms with Gasteiger partial charge in [-0.15, -0.1) is 0 Å². The Hall–Kier alpha value is -2.02. The number of aliphatic carboxylic acids is 1. The topological polar surface area (TPSA) is 95.5 Å². The number of thioether (sulfide) groups is 1. The fraction of sp³-hybridized carbons (Fsp3) is 0.400. The van der Waals surface area contributed by atoms with Crippen LogP contribution in [0.25, 0.3) is 0 Å². The molecule has 0 saturated carbocycles. The van der Waals surface area contributed by atoms with E-state index in [4.69, 9.17) is 5.11 Å². The molecule has 0 saturated heterocycles. The van der Waals surface area contributed by atoms with Crippen LogP contribution in [0, 0.1) is 0 Å². The van der Waals surface area contributed by atoms with Gasteiger partial charge in [0, 0.05) is 0 Å². The minimum atomic E-state index is -1.07. The van der Waals surface area contributed by atoms with E-state index >= 15 is 0 Å². The van der Waals surface area contributed by atoms with Gasteiger partial charge in [0.05, 0.1) is 13.0 Å². The normalized spacial score (nSPS) is 11.5. The number of hydrogen-bond acceptors (Lipinski definition) is 4. The smallest absolute Gasteiger partial charge is 0.326 e. The average Bonchev–Trinajstić information content (AvgIpc) is 2.50. The monoisotopic (exact) mass is 324 g/mol. The summed E-state index contributed by atoms with van der Waals surface area (Å²) in [4.78, 5) is 34.4. The Labute approximate surface area is 133 Å². The number of carbonyl (C=O) groups is 3. The minimum Gasteiger partial charge on any atom is -0.480 e.